The lowest BCUT2D eigenvalue weighted by atomic mass is 9.94. The minimum Gasteiger partial charge on any atom is -0.347 e. The molecule has 0 radical (unpaired) electrons. The molecule has 1 saturated heterocycles. The Bertz CT molecular complexity index is 808. The van der Waals surface area contributed by atoms with Crippen molar-refractivity contribution < 1.29 is 9.59 Å². The molecule has 2 aromatic heterocycles. The molecule has 3 rings (SSSR count). The van der Waals surface area contributed by atoms with E-state index in [-0.39, 0.29) is 24.3 Å². The van der Waals surface area contributed by atoms with Crippen LogP contribution >= 0.6 is 0 Å². The third-order valence-electron chi connectivity index (χ3n) is 4.51. The predicted molar refractivity (Wildman–Crippen MR) is 102 cm³/mol. The lowest BCUT2D eigenvalue weighted by molar-refractivity contribution is -0.133. The zero-order valence-electron chi connectivity index (χ0n) is 15.6. The molecule has 0 spiro atoms. The second kappa shape index (κ2) is 8.57. The van der Waals surface area contributed by atoms with Crippen LogP contribution in [0.25, 0.3) is 0 Å². The molecule has 8 heteroatoms. The van der Waals surface area contributed by atoms with Gasteiger partial charge >= 0.3 is 0 Å². The summed E-state index contributed by atoms with van der Waals surface area (Å²) in [5, 5.41) is 5.68. The van der Waals surface area contributed by atoms with Crippen LogP contribution in [0.3, 0.4) is 0 Å². The molecule has 3 heterocycles. The Morgan fingerprint density at radius 1 is 1.26 bits per heavy atom. The summed E-state index contributed by atoms with van der Waals surface area (Å²) in [6, 6.07) is 5.74. The standard InChI is InChI=1S/C19H24N6O2/c1-13-5-6-17(22-10-13)24-19-20-8-7-16(23-19)15-4-3-9-25(12-15)18(27)11-21-14(2)26/h5-8,10,15H,3-4,9,11-12H2,1-2H3,(H,21,26)(H,20,22,23,24)/t15-/m0/s1. The van der Waals surface area contributed by atoms with Gasteiger partial charge in [0.05, 0.1) is 12.2 Å². The van der Waals surface area contributed by atoms with E-state index in [1.165, 1.54) is 6.92 Å². The maximum absolute atomic E-state index is 12.3. The fourth-order valence-corrected chi connectivity index (χ4v) is 3.07. The number of anilines is 2. The van der Waals surface area contributed by atoms with Crippen molar-refractivity contribution >= 4 is 23.6 Å². The molecule has 1 atom stereocenters. The Morgan fingerprint density at radius 2 is 2.11 bits per heavy atom. The van der Waals surface area contributed by atoms with Gasteiger partial charge in [0, 0.05) is 38.3 Å². The van der Waals surface area contributed by atoms with E-state index in [0.29, 0.717) is 24.9 Å². The first-order chi connectivity index (χ1) is 13.0. The summed E-state index contributed by atoms with van der Waals surface area (Å²) in [6.45, 7) is 4.73. The predicted octanol–water partition coefficient (Wildman–Crippen LogP) is 1.77. The highest BCUT2D eigenvalue weighted by Crippen LogP contribution is 2.26. The number of hydrogen-bond donors (Lipinski definition) is 2. The fraction of sp³-hybridized carbons (Fsp3) is 0.421. The van der Waals surface area contributed by atoms with E-state index in [4.69, 9.17) is 0 Å². The SMILES string of the molecule is CC(=O)NCC(=O)N1CCC[C@H](c2ccnc(Nc3ccc(C)cn3)n2)C1. The molecule has 0 aromatic carbocycles. The van der Waals surface area contributed by atoms with Crippen molar-refractivity contribution in [2.45, 2.75) is 32.6 Å². The molecule has 2 amide bonds. The Morgan fingerprint density at radius 3 is 2.85 bits per heavy atom. The lowest BCUT2D eigenvalue weighted by Crippen LogP contribution is -2.44. The van der Waals surface area contributed by atoms with Gasteiger partial charge in [0.15, 0.2) is 0 Å². The van der Waals surface area contributed by atoms with E-state index in [1.807, 2.05) is 25.1 Å². The number of hydrogen-bond acceptors (Lipinski definition) is 6. The van der Waals surface area contributed by atoms with Crippen LogP contribution in [-0.4, -0.2) is 51.3 Å². The largest absolute Gasteiger partial charge is 0.347 e. The third-order valence-corrected chi connectivity index (χ3v) is 4.51. The van der Waals surface area contributed by atoms with Crippen molar-refractivity contribution in [2.75, 3.05) is 25.0 Å². The van der Waals surface area contributed by atoms with Gasteiger partial charge < -0.3 is 15.5 Å². The molecule has 142 valence electrons. The average Bonchev–Trinajstić information content (AvgIpc) is 2.68. The number of likely N-dealkylation sites (tertiary alicyclic amines) is 1. The maximum Gasteiger partial charge on any atom is 0.241 e. The number of amides is 2. The van der Waals surface area contributed by atoms with Crippen molar-refractivity contribution in [2.24, 2.45) is 0 Å². The topological polar surface area (TPSA) is 100 Å². The minimum atomic E-state index is -0.201. The third kappa shape index (κ3) is 5.22. The zero-order chi connectivity index (χ0) is 19.2. The Balaban J connectivity index is 1.66. The Labute approximate surface area is 158 Å². The highest BCUT2D eigenvalue weighted by molar-refractivity contribution is 5.83. The number of aromatic nitrogens is 3. The number of aryl methyl sites for hydroxylation is 1. The fourth-order valence-electron chi connectivity index (χ4n) is 3.07. The first kappa shape index (κ1) is 18.8. The first-order valence-electron chi connectivity index (χ1n) is 9.06. The lowest BCUT2D eigenvalue weighted by Gasteiger charge is -2.32. The van der Waals surface area contributed by atoms with Gasteiger partial charge in [-0.2, -0.15) is 0 Å². The Kier molecular flexibility index (Phi) is 5.95. The normalized spacial score (nSPS) is 16.7. The number of carbonyl (C=O) groups is 2. The summed E-state index contributed by atoms with van der Waals surface area (Å²) < 4.78 is 0. The van der Waals surface area contributed by atoms with Crippen molar-refractivity contribution in [1.82, 2.24) is 25.2 Å². The molecular weight excluding hydrogens is 344 g/mol. The van der Waals surface area contributed by atoms with Gasteiger partial charge in [0.25, 0.3) is 0 Å². The number of piperidine rings is 1. The molecule has 1 fully saturated rings. The molecule has 1 aliphatic rings. The quantitative estimate of drug-likeness (QED) is 0.834. The van der Waals surface area contributed by atoms with Gasteiger partial charge in [-0.25, -0.2) is 15.0 Å². The van der Waals surface area contributed by atoms with E-state index in [2.05, 4.69) is 25.6 Å². The molecule has 0 saturated carbocycles. The van der Waals surface area contributed by atoms with Crippen molar-refractivity contribution in [3.63, 3.8) is 0 Å². The zero-order valence-corrected chi connectivity index (χ0v) is 15.6. The number of pyridine rings is 1. The molecule has 0 unspecified atom stereocenters. The number of rotatable bonds is 5. The molecule has 1 aliphatic heterocycles. The van der Waals surface area contributed by atoms with Gasteiger partial charge in [-0.15, -0.1) is 0 Å². The summed E-state index contributed by atoms with van der Waals surface area (Å²) in [6.07, 6.45) is 5.37. The van der Waals surface area contributed by atoms with Crippen molar-refractivity contribution in [3.05, 3.63) is 41.9 Å². The molecule has 0 aliphatic carbocycles. The van der Waals surface area contributed by atoms with Gasteiger partial charge in [-0.05, 0) is 37.5 Å². The molecule has 0 bridgehead atoms. The van der Waals surface area contributed by atoms with Crippen LogP contribution in [-0.2, 0) is 9.59 Å². The van der Waals surface area contributed by atoms with Crippen LogP contribution < -0.4 is 10.6 Å². The van der Waals surface area contributed by atoms with E-state index < -0.39 is 0 Å². The second-order valence-electron chi connectivity index (χ2n) is 6.74. The second-order valence-corrected chi connectivity index (χ2v) is 6.74. The van der Waals surface area contributed by atoms with E-state index in [0.717, 1.165) is 24.1 Å². The highest BCUT2D eigenvalue weighted by Gasteiger charge is 2.25. The summed E-state index contributed by atoms with van der Waals surface area (Å²) in [4.78, 5) is 38.3. The number of nitrogens with one attached hydrogen (secondary N) is 2. The molecule has 27 heavy (non-hydrogen) atoms. The van der Waals surface area contributed by atoms with Crippen LogP contribution in [0.2, 0.25) is 0 Å². The summed E-state index contributed by atoms with van der Waals surface area (Å²) in [5.41, 5.74) is 1.98. The van der Waals surface area contributed by atoms with Crippen molar-refractivity contribution in [1.29, 1.82) is 0 Å². The van der Waals surface area contributed by atoms with E-state index in [9.17, 15) is 9.59 Å². The molecule has 2 N–H and O–H groups in total. The molecule has 2 aromatic rings. The van der Waals surface area contributed by atoms with E-state index >= 15 is 0 Å². The monoisotopic (exact) mass is 368 g/mol. The molecule has 8 nitrogen and oxygen atoms in total. The van der Waals surface area contributed by atoms with Crippen LogP contribution in [0.4, 0.5) is 11.8 Å². The highest BCUT2D eigenvalue weighted by atomic mass is 16.2. The van der Waals surface area contributed by atoms with Crippen LogP contribution in [0, 0.1) is 6.92 Å². The Hall–Kier alpha value is -3.03. The summed E-state index contributed by atoms with van der Waals surface area (Å²) in [7, 11) is 0. The van der Waals surface area contributed by atoms with Crippen LogP contribution in [0.5, 0.6) is 0 Å². The summed E-state index contributed by atoms with van der Waals surface area (Å²) >= 11 is 0. The van der Waals surface area contributed by atoms with Gasteiger partial charge in [0.1, 0.15) is 5.82 Å². The average molecular weight is 368 g/mol. The van der Waals surface area contributed by atoms with Crippen LogP contribution in [0.15, 0.2) is 30.6 Å². The summed E-state index contributed by atoms with van der Waals surface area (Å²) in [5.74, 6) is 1.06. The van der Waals surface area contributed by atoms with Gasteiger partial charge in [-0.1, -0.05) is 6.07 Å². The first-order valence-corrected chi connectivity index (χ1v) is 9.06. The van der Waals surface area contributed by atoms with E-state index in [1.54, 1.807) is 17.3 Å². The number of carbonyl (C=O) groups excluding carboxylic acids is 2. The van der Waals surface area contributed by atoms with Gasteiger partial charge in [-0.3, -0.25) is 9.59 Å². The van der Waals surface area contributed by atoms with Gasteiger partial charge in [0.2, 0.25) is 17.8 Å². The molecular formula is C19H24N6O2. The number of nitrogens with zero attached hydrogens (tertiary/aromatic N) is 4. The van der Waals surface area contributed by atoms with Crippen LogP contribution in [0.1, 0.15) is 36.9 Å². The van der Waals surface area contributed by atoms with Crippen molar-refractivity contribution in [3.8, 4) is 0 Å². The minimum absolute atomic E-state index is 0.0394. The maximum atomic E-state index is 12.3. The smallest absolute Gasteiger partial charge is 0.241 e.